The zero-order valence-electron chi connectivity index (χ0n) is 7.78. The third-order valence-electron chi connectivity index (χ3n) is 2.22. The van der Waals surface area contributed by atoms with Gasteiger partial charge in [0.05, 0.1) is 0 Å². The van der Waals surface area contributed by atoms with Crippen molar-refractivity contribution in [2.75, 3.05) is 5.73 Å². The summed E-state index contributed by atoms with van der Waals surface area (Å²) in [5.74, 6) is 0.556. The summed E-state index contributed by atoms with van der Waals surface area (Å²) < 4.78 is 1.83. The van der Waals surface area contributed by atoms with Crippen molar-refractivity contribution in [1.82, 2.24) is 14.6 Å². The number of nitrogens with zero attached hydrogens (tertiary/aromatic N) is 3. The van der Waals surface area contributed by atoms with Crippen LogP contribution in [-0.2, 0) is 6.42 Å². The van der Waals surface area contributed by atoms with E-state index in [1.54, 1.807) is 0 Å². The zero-order valence-corrected chi connectivity index (χ0v) is 7.78. The molecule has 2 aromatic rings. The number of hydrogen-bond acceptors (Lipinski definition) is 3. The molecule has 0 spiro atoms. The maximum atomic E-state index is 5.77. The fourth-order valence-corrected chi connectivity index (χ4v) is 1.59. The van der Waals surface area contributed by atoms with Crippen LogP contribution in [0.2, 0.25) is 0 Å². The molecule has 0 unspecified atom stereocenters. The Morgan fingerprint density at radius 1 is 1.54 bits per heavy atom. The smallest absolute Gasteiger partial charge is 0.151 e. The first-order valence-corrected chi connectivity index (χ1v) is 4.31. The quantitative estimate of drug-likeness (QED) is 0.709. The molecule has 2 rings (SSSR count). The molecule has 68 valence electrons. The van der Waals surface area contributed by atoms with Gasteiger partial charge in [-0.3, -0.25) is 0 Å². The van der Waals surface area contributed by atoms with Crippen LogP contribution < -0.4 is 5.73 Å². The van der Waals surface area contributed by atoms with Crippen LogP contribution in [0.15, 0.2) is 12.4 Å². The SMILES string of the molecule is CCc1cc(C)n2ncnc(N)c12. The van der Waals surface area contributed by atoms with E-state index in [1.165, 1.54) is 11.9 Å². The van der Waals surface area contributed by atoms with Crippen LogP contribution in [0.3, 0.4) is 0 Å². The number of aromatic nitrogens is 3. The van der Waals surface area contributed by atoms with Gasteiger partial charge in [0.2, 0.25) is 0 Å². The number of fused-ring (bicyclic) bond motifs is 1. The van der Waals surface area contributed by atoms with Crippen molar-refractivity contribution in [3.05, 3.63) is 23.7 Å². The molecule has 2 heterocycles. The van der Waals surface area contributed by atoms with E-state index in [4.69, 9.17) is 5.73 Å². The summed E-state index contributed by atoms with van der Waals surface area (Å²) in [6, 6.07) is 2.10. The van der Waals surface area contributed by atoms with Gasteiger partial charge in [0.25, 0.3) is 0 Å². The molecular weight excluding hydrogens is 164 g/mol. The molecule has 0 aliphatic rings. The molecule has 2 aromatic heterocycles. The Labute approximate surface area is 76.4 Å². The van der Waals surface area contributed by atoms with Crippen LogP contribution in [0.4, 0.5) is 5.82 Å². The van der Waals surface area contributed by atoms with E-state index in [0.29, 0.717) is 5.82 Å². The number of nitrogens with two attached hydrogens (primary N) is 1. The Hall–Kier alpha value is -1.58. The maximum absolute atomic E-state index is 5.77. The first kappa shape index (κ1) is 8.04. The molecule has 0 atom stereocenters. The molecule has 0 bridgehead atoms. The van der Waals surface area contributed by atoms with Gasteiger partial charge < -0.3 is 5.73 Å². The van der Waals surface area contributed by atoms with Crippen molar-refractivity contribution in [2.24, 2.45) is 0 Å². The van der Waals surface area contributed by atoms with Gasteiger partial charge in [-0.25, -0.2) is 9.50 Å². The van der Waals surface area contributed by atoms with E-state index >= 15 is 0 Å². The largest absolute Gasteiger partial charge is 0.382 e. The second-order valence-electron chi connectivity index (χ2n) is 3.07. The summed E-state index contributed by atoms with van der Waals surface area (Å²) in [5, 5.41) is 4.14. The fraction of sp³-hybridized carbons (Fsp3) is 0.333. The van der Waals surface area contributed by atoms with Gasteiger partial charge in [0, 0.05) is 5.69 Å². The Morgan fingerprint density at radius 2 is 2.31 bits per heavy atom. The lowest BCUT2D eigenvalue weighted by Gasteiger charge is -1.99. The minimum absolute atomic E-state index is 0.556. The first-order chi connectivity index (χ1) is 6.24. The monoisotopic (exact) mass is 176 g/mol. The summed E-state index contributed by atoms with van der Waals surface area (Å²) in [7, 11) is 0. The predicted molar refractivity (Wildman–Crippen MR) is 51.5 cm³/mol. The Kier molecular flexibility index (Phi) is 1.69. The van der Waals surface area contributed by atoms with Gasteiger partial charge in [-0.2, -0.15) is 5.10 Å². The summed E-state index contributed by atoms with van der Waals surface area (Å²) in [6.07, 6.45) is 2.43. The highest BCUT2D eigenvalue weighted by Crippen LogP contribution is 2.19. The molecule has 0 radical (unpaired) electrons. The summed E-state index contributed by atoms with van der Waals surface area (Å²) in [6.45, 7) is 4.11. The van der Waals surface area contributed by atoms with Gasteiger partial charge >= 0.3 is 0 Å². The fourth-order valence-electron chi connectivity index (χ4n) is 1.59. The Morgan fingerprint density at radius 3 is 3.00 bits per heavy atom. The number of aryl methyl sites for hydroxylation is 2. The van der Waals surface area contributed by atoms with Crippen molar-refractivity contribution in [3.8, 4) is 0 Å². The van der Waals surface area contributed by atoms with Gasteiger partial charge in [-0.15, -0.1) is 0 Å². The minimum atomic E-state index is 0.556. The van der Waals surface area contributed by atoms with E-state index in [2.05, 4.69) is 23.1 Å². The highest BCUT2D eigenvalue weighted by atomic mass is 15.2. The molecule has 13 heavy (non-hydrogen) atoms. The topological polar surface area (TPSA) is 56.2 Å². The highest BCUT2D eigenvalue weighted by Gasteiger charge is 2.08. The number of rotatable bonds is 1. The standard InChI is InChI=1S/C9H12N4/c1-3-7-4-6(2)13-8(7)9(10)11-5-12-13/h4-5H,3H2,1-2H3,(H2,10,11,12). The second kappa shape index (κ2) is 2.73. The average Bonchev–Trinajstić information content (AvgIpc) is 2.45. The summed E-state index contributed by atoms with van der Waals surface area (Å²) >= 11 is 0. The lowest BCUT2D eigenvalue weighted by atomic mass is 10.2. The van der Waals surface area contributed by atoms with Crippen LogP contribution in [0.1, 0.15) is 18.2 Å². The third kappa shape index (κ3) is 1.06. The van der Waals surface area contributed by atoms with Crippen molar-refractivity contribution in [2.45, 2.75) is 20.3 Å². The van der Waals surface area contributed by atoms with E-state index in [9.17, 15) is 0 Å². The van der Waals surface area contributed by atoms with Gasteiger partial charge in [0.15, 0.2) is 5.82 Å². The molecule has 0 fully saturated rings. The first-order valence-electron chi connectivity index (χ1n) is 4.31. The Bertz CT molecular complexity index is 444. The van der Waals surface area contributed by atoms with Crippen LogP contribution in [0, 0.1) is 6.92 Å². The molecule has 0 aliphatic heterocycles. The van der Waals surface area contributed by atoms with Crippen LogP contribution in [0.25, 0.3) is 5.52 Å². The molecular formula is C9H12N4. The number of nitrogen functional groups attached to an aromatic ring is 1. The van der Waals surface area contributed by atoms with Crippen LogP contribution in [0.5, 0.6) is 0 Å². The van der Waals surface area contributed by atoms with Crippen molar-refractivity contribution < 1.29 is 0 Å². The maximum Gasteiger partial charge on any atom is 0.151 e. The second-order valence-corrected chi connectivity index (χ2v) is 3.07. The normalized spacial score (nSPS) is 10.9. The molecule has 4 heteroatoms. The van der Waals surface area contributed by atoms with Crippen LogP contribution in [-0.4, -0.2) is 14.6 Å². The van der Waals surface area contributed by atoms with Gasteiger partial charge in [-0.1, -0.05) is 6.92 Å². The number of anilines is 1. The van der Waals surface area contributed by atoms with Crippen molar-refractivity contribution >= 4 is 11.3 Å². The molecule has 0 amide bonds. The van der Waals surface area contributed by atoms with E-state index in [0.717, 1.165) is 17.6 Å². The van der Waals surface area contributed by atoms with Gasteiger partial charge in [0.1, 0.15) is 11.8 Å². The molecule has 0 aliphatic carbocycles. The van der Waals surface area contributed by atoms with E-state index in [1.807, 2.05) is 11.4 Å². The molecule has 0 saturated heterocycles. The molecule has 2 N–H and O–H groups in total. The minimum Gasteiger partial charge on any atom is -0.382 e. The predicted octanol–water partition coefficient (Wildman–Crippen LogP) is 1.18. The lowest BCUT2D eigenvalue weighted by Crippen LogP contribution is -2.00. The van der Waals surface area contributed by atoms with Crippen LogP contribution >= 0.6 is 0 Å². The summed E-state index contributed by atoms with van der Waals surface area (Å²) in [4.78, 5) is 3.98. The van der Waals surface area contributed by atoms with Gasteiger partial charge in [-0.05, 0) is 25.0 Å². The van der Waals surface area contributed by atoms with Crippen molar-refractivity contribution in [3.63, 3.8) is 0 Å². The molecule has 0 saturated carbocycles. The third-order valence-corrected chi connectivity index (χ3v) is 2.22. The number of hydrogen-bond donors (Lipinski definition) is 1. The Balaban J connectivity index is 2.89. The zero-order chi connectivity index (χ0) is 9.42. The lowest BCUT2D eigenvalue weighted by molar-refractivity contribution is 0.874. The molecule has 4 nitrogen and oxygen atoms in total. The average molecular weight is 176 g/mol. The van der Waals surface area contributed by atoms with E-state index in [-0.39, 0.29) is 0 Å². The molecule has 0 aromatic carbocycles. The van der Waals surface area contributed by atoms with Crippen molar-refractivity contribution in [1.29, 1.82) is 0 Å². The van der Waals surface area contributed by atoms with E-state index < -0.39 is 0 Å². The summed E-state index contributed by atoms with van der Waals surface area (Å²) in [5.41, 5.74) is 9.02. The highest BCUT2D eigenvalue weighted by molar-refractivity contribution is 5.70.